The Morgan fingerprint density at radius 2 is 1.74 bits per heavy atom. The molecule has 2 rings (SSSR count). The molecule has 0 aliphatic carbocycles. The normalized spacial score (nSPS) is 14.0. The number of aliphatic hydroxyl groups is 1. The van der Waals surface area contributed by atoms with E-state index in [1.807, 2.05) is 63.5 Å². The summed E-state index contributed by atoms with van der Waals surface area (Å²) in [6.07, 6.45) is 2.90. The molecule has 2 aromatic rings. The van der Waals surface area contributed by atoms with Crippen molar-refractivity contribution in [3.05, 3.63) is 65.5 Å². The monoisotopic (exact) mass is 427 g/mol. The zero-order valence-electron chi connectivity index (χ0n) is 19.6. The first kappa shape index (κ1) is 24.8. The molecular formula is C25H37N3O3. The first-order valence-electron chi connectivity index (χ1n) is 10.8. The highest BCUT2D eigenvalue weighted by Crippen LogP contribution is 2.21. The minimum absolute atomic E-state index is 0.0284. The van der Waals surface area contributed by atoms with E-state index >= 15 is 0 Å². The lowest BCUT2D eigenvalue weighted by Gasteiger charge is -2.27. The van der Waals surface area contributed by atoms with Gasteiger partial charge in [0.25, 0.3) is 0 Å². The van der Waals surface area contributed by atoms with Gasteiger partial charge in [0.15, 0.2) is 0 Å². The number of ether oxygens (including phenoxy) is 1. The standard InChI is InChI=1S/C25H37N3O3/c1-24(2,3)20-12-19(14-26-16-20)15-27-17-22(29)21(13-18-10-8-7-9-11-18)28-23(30)31-25(4,5)6/h7-12,14,16,21-22,27,29H,13,15,17H2,1-6H3,(H,28,30). The van der Waals surface area contributed by atoms with Gasteiger partial charge < -0.3 is 20.5 Å². The minimum atomic E-state index is -0.786. The van der Waals surface area contributed by atoms with E-state index < -0.39 is 23.8 Å². The van der Waals surface area contributed by atoms with Crippen molar-refractivity contribution in [2.45, 2.75) is 77.7 Å². The van der Waals surface area contributed by atoms with Crippen LogP contribution in [-0.2, 0) is 23.1 Å². The molecule has 1 aromatic carbocycles. The van der Waals surface area contributed by atoms with Crippen LogP contribution in [0.15, 0.2) is 48.8 Å². The van der Waals surface area contributed by atoms with E-state index in [2.05, 4.69) is 42.5 Å². The van der Waals surface area contributed by atoms with E-state index in [1.54, 1.807) is 0 Å². The summed E-state index contributed by atoms with van der Waals surface area (Å²) in [5, 5.41) is 17.0. The molecule has 6 nitrogen and oxygen atoms in total. The maximum atomic E-state index is 12.3. The Kier molecular flexibility index (Phi) is 8.60. The number of carbonyl (C=O) groups excluding carboxylic acids is 1. The summed E-state index contributed by atoms with van der Waals surface area (Å²) in [4.78, 5) is 16.7. The summed E-state index contributed by atoms with van der Waals surface area (Å²) in [6, 6.07) is 11.4. The minimum Gasteiger partial charge on any atom is -0.444 e. The van der Waals surface area contributed by atoms with Crippen LogP contribution in [0.4, 0.5) is 4.79 Å². The number of aliphatic hydroxyl groups excluding tert-OH is 1. The number of pyridine rings is 1. The Morgan fingerprint density at radius 3 is 2.35 bits per heavy atom. The van der Waals surface area contributed by atoms with Gasteiger partial charge in [-0.3, -0.25) is 4.98 Å². The van der Waals surface area contributed by atoms with E-state index in [-0.39, 0.29) is 5.41 Å². The molecule has 0 aliphatic rings. The van der Waals surface area contributed by atoms with Crippen molar-refractivity contribution in [2.24, 2.45) is 0 Å². The van der Waals surface area contributed by atoms with E-state index in [4.69, 9.17) is 4.74 Å². The van der Waals surface area contributed by atoms with Gasteiger partial charge in [0.1, 0.15) is 5.60 Å². The number of hydrogen-bond donors (Lipinski definition) is 3. The topological polar surface area (TPSA) is 83.5 Å². The molecule has 2 atom stereocenters. The second-order valence-corrected chi connectivity index (χ2v) is 9.97. The number of amides is 1. The zero-order valence-corrected chi connectivity index (χ0v) is 19.6. The van der Waals surface area contributed by atoms with Gasteiger partial charge in [-0.2, -0.15) is 0 Å². The molecule has 0 bridgehead atoms. The van der Waals surface area contributed by atoms with Crippen LogP contribution in [0.3, 0.4) is 0 Å². The average Bonchev–Trinajstić information content (AvgIpc) is 2.66. The molecule has 6 heteroatoms. The van der Waals surface area contributed by atoms with Gasteiger partial charge in [-0.05, 0) is 49.3 Å². The molecule has 0 spiro atoms. The Hall–Kier alpha value is -2.44. The molecule has 0 saturated carbocycles. The summed E-state index contributed by atoms with van der Waals surface area (Å²) < 4.78 is 5.39. The number of benzene rings is 1. The second kappa shape index (κ2) is 10.7. The third kappa shape index (κ3) is 9.07. The van der Waals surface area contributed by atoms with Crippen molar-refractivity contribution in [1.29, 1.82) is 0 Å². The van der Waals surface area contributed by atoms with Crippen LogP contribution in [-0.4, -0.2) is 40.5 Å². The van der Waals surface area contributed by atoms with Crippen molar-refractivity contribution in [1.82, 2.24) is 15.6 Å². The van der Waals surface area contributed by atoms with Gasteiger partial charge >= 0.3 is 6.09 Å². The highest BCUT2D eigenvalue weighted by Gasteiger charge is 2.25. The first-order valence-corrected chi connectivity index (χ1v) is 10.8. The lowest BCUT2D eigenvalue weighted by atomic mass is 9.88. The zero-order chi connectivity index (χ0) is 23.1. The highest BCUT2D eigenvalue weighted by atomic mass is 16.6. The predicted molar refractivity (Wildman–Crippen MR) is 124 cm³/mol. The predicted octanol–water partition coefficient (Wildman–Crippen LogP) is 3.97. The molecule has 1 heterocycles. The van der Waals surface area contributed by atoms with Crippen molar-refractivity contribution < 1.29 is 14.6 Å². The van der Waals surface area contributed by atoms with Crippen molar-refractivity contribution in [2.75, 3.05) is 6.54 Å². The van der Waals surface area contributed by atoms with E-state index in [1.165, 1.54) is 5.56 Å². The van der Waals surface area contributed by atoms with Gasteiger partial charge in [0, 0.05) is 25.5 Å². The van der Waals surface area contributed by atoms with Gasteiger partial charge in [-0.25, -0.2) is 4.79 Å². The van der Waals surface area contributed by atoms with Crippen LogP contribution < -0.4 is 10.6 Å². The van der Waals surface area contributed by atoms with Gasteiger partial charge in [0.05, 0.1) is 12.1 Å². The summed E-state index contributed by atoms with van der Waals surface area (Å²) in [5.74, 6) is 0. The summed E-state index contributed by atoms with van der Waals surface area (Å²) >= 11 is 0. The molecule has 1 aromatic heterocycles. The smallest absolute Gasteiger partial charge is 0.407 e. The molecular weight excluding hydrogens is 390 g/mol. The number of hydrogen-bond acceptors (Lipinski definition) is 5. The third-order valence-electron chi connectivity index (χ3n) is 4.81. The fourth-order valence-electron chi connectivity index (χ4n) is 3.11. The molecule has 0 saturated heterocycles. The van der Waals surface area contributed by atoms with Gasteiger partial charge in [-0.1, -0.05) is 57.2 Å². The Morgan fingerprint density at radius 1 is 1.06 bits per heavy atom. The maximum Gasteiger partial charge on any atom is 0.407 e. The average molecular weight is 428 g/mol. The quantitative estimate of drug-likeness (QED) is 0.594. The summed E-state index contributed by atoms with van der Waals surface area (Å²) in [6.45, 7) is 12.8. The molecule has 170 valence electrons. The van der Waals surface area contributed by atoms with Gasteiger partial charge in [-0.15, -0.1) is 0 Å². The fraction of sp³-hybridized carbons (Fsp3) is 0.520. The van der Waals surface area contributed by atoms with E-state index in [0.29, 0.717) is 19.5 Å². The van der Waals surface area contributed by atoms with Gasteiger partial charge in [0.2, 0.25) is 0 Å². The molecule has 0 fully saturated rings. The largest absolute Gasteiger partial charge is 0.444 e. The van der Waals surface area contributed by atoms with Crippen LogP contribution >= 0.6 is 0 Å². The SMILES string of the molecule is CC(C)(C)OC(=O)NC(Cc1ccccc1)C(O)CNCc1cncc(C(C)(C)C)c1. The van der Waals surface area contributed by atoms with Crippen LogP contribution in [0.5, 0.6) is 0 Å². The highest BCUT2D eigenvalue weighted by molar-refractivity contribution is 5.68. The Labute approximate surface area is 186 Å². The van der Waals surface area contributed by atoms with Crippen LogP contribution in [0.2, 0.25) is 0 Å². The van der Waals surface area contributed by atoms with Crippen molar-refractivity contribution in [3.8, 4) is 0 Å². The fourth-order valence-corrected chi connectivity index (χ4v) is 3.11. The number of nitrogens with zero attached hydrogens (tertiary/aromatic N) is 1. The molecule has 2 unspecified atom stereocenters. The Balaban J connectivity index is 1.99. The molecule has 3 N–H and O–H groups in total. The van der Waals surface area contributed by atoms with Crippen molar-refractivity contribution >= 4 is 6.09 Å². The lowest BCUT2D eigenvalue weighted by molar-refractivity contribution is 0.0422. The van der Waals surface area contributed by atoms with Crippen LogP contribution in [0.25, 0.3) is 0 Å². The van der Waals surface area contributed by atoms with Crippen LogP contribution in [0.1, 0.15) is 58.2 Å². The summed E-state index contributed by atoms with van der Waals surface area (Å²) in [5.41, 5.74) is 2.68. The number of aromatic nitrogens is 1. The van der Waals surface area contributed by atoms with Crippen LogP contribution in [0, 0.1) is 0 Å². The molecule has 31 heavy (non-hydrogen) atoms. The number of alkyl carbamates (subject to hydrolysis) is 1. The molecule has 0 aliphatic heterocycles. The maximum absolute atomic E-state index is 12.3. The molecule has 0 radical (unpaired) electrons. The third-order valence-corrected chi connectivity index (χ3v) is 4.81. The Bertz CT molecular complexity index is 826. The molecule has 1 amide bonds. The first-order chi connectivity index (χ1) is 14.4. The van der Waals surface area contributed by atoms with Crippen molar-refractivity contribution in [3.63, 3.8) is 0 Å². The number of nitrogens with one attached hydrogen (secondary N) is 2. The number of carbonyl (C=O) groups is 1. The summed E-state index contributed by atoms with van der Waals surface area (Å²) in [7, 11) is 0. The van der Waals surface area contributed by atoms with E-state index in [9.17, 15) is 9.90 Å². The second-order valence-electron chi connectivity index (χ2n) is 9.97. The van der Waals surface area contributed by atoms with E-state index in [0.717, 1.165) is 11.1 Å². The number of rotatable bonds is 8. The lowest BCUT2D eigenvalue weighted by Crippen LogP contribution is -2.49.